The average molecular weight is 423 g/mol. The van der Waals surface area contributed by atoms with Gasteiger partial charge in [0.15, 0.2) is 17.5 Å². The lowest BCUT2D eigenvalue weighted by Crippen LogP contribution is -2.36. The maximum atomic E-state index is 5.72. The van der Waals surface area contributed by atoms with Crippen LogP contribution in [0.5, 0.6) is 11.5 Å². The first-order chi connectivity index (χ1) is 15.2. The molecule has 1 aromatic heterocycles. The normalized spacial score (nSPS) is 11.3. The molecule has 0 radical (unpaired) electrons. The molecular formula is C24H30N4O3. The van der Waals surface area contributed by atoms with Crippen LogP contribution in [-0.2, 0) is 13.1 Å². The third kappa shape index (κ3) is 6.50. The quantitative estimate of drug-likeness (QED) is 0.372. The Hall–Kier alpha value is -3.48. The Balaban J connectivity index is 1.62. The predicted octanol–water partition coefficient (Wildman–Crippen LogP) is 4.39. The van der Waals surface area contributed by atoms with Crippen LogP contribution in [0.2, 0.25) is 0 Å². The highest BCUT2D eigenvalue weighted by atomic mass is 16.5. The smallest absolute Gasteiger partial charge is 0.226 e. The second kappa shape index (κ2) is 11.6. The van der Waals surface area contributed by atoms with Crippen molar-refractivity contribution in [2.45, 2.75) is 33.4 Å². The summed E-state index contributed by atoms with van der Waals surface area (Å²) in [6, 6.07) is 15.7. The van der Waals surface area contributed by atoms with E-state index >= 15 is 0 Å². The van der Waals surface area contributed by atoms with Crippen LogP contribution in [0.1, 0.15) is 31.5 Å². The van der Waals surface area contributed by atoms with Crippen LogP contribution in [0, 0.1) is 0 Å². The van der Waals surface area contributed by atoms with Crippen molar-refractivity contribution in [2.24, 2.45) is 4.99 Å². The molecule has 0 saturated carbocycles. The molecule has 0 saturated heterocycles. The van der Waals surface area contributed by atoms with Gasteiger partial charge in [-0.15, -0.1) is 0 Å². The SMILES string of the molecule is CCCOc1ccc(CN=C(NCC)NCc2coc(-c3ccccc3)n2)cc1OC. The second-order valence-corrected chi connectivity index (χ2v) is 6.89. The molecule has 0 aliphatic heterocycles. The van der Waals surface area contributed by atoms with Crippen LogP contribution in [-0.4, -0.2) is 31.2 Å². The molecule has 3 aromatic rings. The monoisotopic (exact) mass is 422 g/mol. The number of nitrogens with zero attached hydrogens (tertiary/aromatic N) is 2. The molecule has 0 atom stereocenters. The molecule has 2 N–H and O–H groups in total. The van der Waals surface area contributed by atoms with Gasteiger partial charge in [-0.1, -0.05) is 31.2 Å². The molecule has 2 aromatic carbocycles. The summed E-state index contributed by atoms with van der Waals surface area (Å²) < 4.78 is 16.8. The van der Waals surface area contributed by atoms with Crippen LogP contribution in [0.15, 0.2) is 64.2 Å². The summed E-state index contributed by atoms with van der Waals surface area (Å²) in [6.07, 6.45) is 2.62. The summed E-state index contributed by atoms with van der Waals surface area (Å²) >= 11 is 0. The Morgan fingerprint density at radius 2 is 1.90 bits per heavy atom. The van der Waals surface area contributed by atoms with E-state index < -0.39 is 0 Å². The Morgan fingerprint density at radius 1 is 1.06 bits per heavy atom. The molecule has 164 valence electrons. The summed E-state index contributed by atoms with van der Waals surface area (Å²) in [4.78, 5) is 9.22. The molecule has 0 unspecified atom stereocenters. The molecule has 7 heteroatoms. The fourth-order valence-electron chi connectivity index (χ4n) is 2.93. The number of hydrogen-bond acceptors (Lipinski definition) is 5. The van der Waals surface area contributed by atoms with Crippen LogP contribution >= 0.6 is 0 Å². The highest BCUT2D eigenvalue weighted by Gasteiger charge is 2.08. The number of nitrogens with one attached hydrogen (secondary N) is 2. The first-order valence-corrected chi connectivity index (χ1v) is 10.5. The van der Waals surface area contributed by atoms with Gasteiger partial charge in [0.25, 0.3) is 0 Å². The molecule has 3 rings (SSSR count). The first-order valence-electron chi connectivity index (χ1n) is 10.5. The standard InChI is InChI=1S/C24H30N4O3/c1-4-13-30-21-12-11-18(14-22(21)29-3)15-26-24(25-5-2)27-16-20-17-31-23(28-20)19-9-7-6-8-10-19/h6-12,14,17H,4-5,13,15-16H2,1-3H3,(H2,25,26,27). The first kappa shape index (κ1) is 22.2. The number of hydrogen-bond donors (Lipinski definition) is 2. The molecule has 0 aliphatic carbocycles. The third-order valence-corrected chi connectivity index (χ3v) is 4.46. The fourth-order valence-corrected chi connectivity index (χ4v) is 2.93. The number of rotatable bonds is 10. The van der Waals surface area contributed by atoms with E-state index in [0.29, 0.717) is 31.5 Å². The summed E-state index contributed by atoms with van der Waals surface area (Å²) in [6.45, 7) is 6.54. The summed E-state index contributed by atoms with van der Waals surface area (Å²) in [7, 11) is 1.65. The van der Waals surface area contributed by atoms with Crippen molar-refractivity contribution >= 4 is 5.96 Å². The van der Waals surface area contributed by atoms with Crippen molar-refractivity contribution in [3.05, 3.63) is 66.1 Å². The Kier molecular flexibility index (Phi) is 8.34. The zero-order valence-electron chi connectivity index (χ0n) is 18.4. The van der Waals surface area contributed by atoms with E-state index in [2.05, 4.69) is 27.5 Å². The molecule has 0 amide bonds. The topological polar surface area (TPSA) is 80.9 Å². The Morgan fingerprint density at radius 3 is 2.65 bits per heavy atom. The second-order valence-electron chi connectivity index (χ2n) is 6.89. The van der Waals surface area contributed by atoms with Gasteiger partial charge in [-0.25, -0.2) is 9.98 Å². The van der Waals surface area contributed by atoms with Gasteiger partial charge in [-0.2, -0.15) is 0 Å². The van der Waals surface area contributed by atoms with E-state index in [4.69, 9.17) is 13.9 Å². The molecule has 0 bridgehead atoms. The predicted molar refractivity (Wildman–Crippen MR) is 122 cm³/mol. The van der Waals surface area contributed by atoms with E-state index in [1.54, 1.807) is 13.4 Å². The molecule has 0 aliphatic rings. The van der Waals surface area contributed by atoms with Gasteiger partial charge in [-0.05, 0) is 43.2 Å². The number of guanidine groups is 1. The zero-order valence-corrected chi connectivity index (χ0v) is 18.4. The summed E-state index contributed by atoms with van der Waals surface area (Å²) in [5.41, 5.74) is 2.80. The van der Waals surface area contributed by atoms with Gasteiger partial charge in [0.1, 0.15) is 6.26 Å². The minimum Gasteiger partial charge on any atom is -0.493 e. The van der Waals surface area contributed by atoms with Gasteiger partial charge in [0, 0.05) is 12.1 Å². The van der Waals surface area contributed by atoms with Gasteiger partial charge < -0.3 is 24.5 Å². The zero-order chi connectivity index (χ0) is 21.9. The van der Waals surface area contributed by atoms with Gasteiger partial charge in [0.2, 0.25) is 5.89 Å². The number of oxazole rings is 1. The number of benzene rings is 2. The number of aliphatic imine (C=N–C) groups is 1. The van der Waals surface area contributed by atoms with Crippen LogP contribution in [0.3, 0.4) is 0 Å². The summed E-state index contributed by atoms with van der Waals surface area (Å²) in [5.74, 6) is 2.78. The maximum Gasteiger partial charge on any atom is 0.226 e. The van der Waals surface area contributed by atoms with Crippen LogP contribution in [0.25, 0.3) is 11.5 Å². The minimum absolute atomic E-state index is 0.508. The van der Waals surface area contributed by atoms with Gasteiger partial charge >= 0.3 is 0 Å². The molecule has 31 heavy (non-hydrogen) atoms. The van der Waals surface area contributed by atoms with Crippen molar-refractivity contribution in [2.75, 3.05) is 20.3 Å². The van der Waals surface area contributed by atoms with Crippen molar-refractivity contribution < 1.29 is 13.9 Å². The van der Waals surface area contributed by atoms with Crippen molar-refractivity contribution in [3.63, 3.8) is 0 Å². The molecular weight excluding hydrogens is 392 g/mol. The number of aromatic nitrogens is 1. The van der Waals surface area contributed by atoms with Crippen molar-refractivity contribution in [3.8, 4) is 23.0 Å². The van der Waals surface area contributed by atoms with Gasteiger partial charge in [-0.3, -0.25) is 0 Å². The maximum absolute atomic E-state index is 5.72. The summed E-state index contributed by atoms with van der Waals surface area (Å²) in [5, 5.41) is 6.55. The van der Waals surface area contributed by atoms with Crippen LogP contribution in [0.4, 0.5) is 0 Å². The van der Waals surface area contributed by atoms with E-state index in [-0.39, 0.29) is 0 Å². The van der Waals surface area contributed by atoms with E-state index in [1.165, 1.54) is 0 Å². The highest BCUT2D eigenvalue weighted by Crippen LogP contribution is 2.28. The average Bonchev–Trinajstić information content (AvgIpc) is 3.29. The largest absolute Gasteiger partial charge is 0.493 e. The number of ether oxygens (including phenoxy) is 2. The van der Waals surface area contributed by atoms with E-state index in [1.807, 2.05) is 55.5 Å². The van der Waals surface area contributed by atoms with Crippen molar-refractivity contribution in [1.82, 2.24) is 15.6 Å². The van der Waals surface area contributed by atoms with Gasteiger partial charge in [0.05, 0.1) is 32.5 Å². The lowest BCUT2D eigenvalue weighted by Gasteiger charge is -2.12. The lowest BCUT2D eigenvalue weighted by molar-refractivity contribution is 0.294. The highest BCUT2D eigenvalue weighted by molar-refractivity contribution is 5.79. The Bertz CT molecular complexity index is 970. The molecule has 0 fully saturated rings. The van der Waals surface area contributed by atoms with E-state index in [9.17, 15) is 0 Å². The van der Waals surface area contributed by atoms with Crippen molar-refractivity contribution in [1.29, 1.82) is 0 Å². The van der Waals surface area contributed by atoms with Crippen LogP contribution < -0.4 is 20.1 Å². The molecule has 0 spiro atoms. The molecule has 7 nitrogen and oxygen atoms in total. The number of methoxy groups -OCH3 is 1. The van der Waals surface area contributed by atoms with E-state index in [0.717, 1.165) is 41.3 Å². The molecule has 1 heterocycles. The minimum atomic E-state index is 0.508. The third-order valence-electron chi connectivity index (χ3n) is 4.46. The fraction of sp³-hybridized carbons (Fsp3) is 0.333. The lowest BCUT2D eigenvalue weighted by atomic mass is 10.2. The Labute approximate surface area is 183 Å².